The van der Waals surface area contributed by atoms with Crippen LogP contribution >= 0.6 is 0 Å². The molecular weight excluding hydrogens is 232 g/mol. The summed E-state index contributed by atoms with van der Waals surface area (Å²) < 4.78 is 0. The number of carboxylic acids is 1. The van der Waals surface area contributed by atoms with E-state index in [1.54, 1.807) is 0 Å². The second kappa shape index (κ2) is 4.88. The van der Waals surface area contributed by atoms with E-state index in [0.29, 0.717) is 6.04 Å². The number of piperidine rings is 1. The summed E-state index contributed by atoms with van der Waals surface area (Å²) in [6.07, 6.45) is 4.33. The minimum Gasteiger partial charge on any atom is -0.480 e. The average Bonchev–Trinajstić information content (AvgIpc) is 2.75. The molecular formula is C13H22N2O3. The smallest absolute Gasteiger partial charge is 0.318 e. The first-order valence-electron chi connectivity index (χ1n) is 6.69. The lowest BCUT2D eigenvalue weighted by molar-refractivity contribution is -0.153. The van der Waals surface area contributed by atoms with Gasteiger partial charge < -0.3 is 15.3 Å². The van der Waals surface area contributed by atoms with E-state index in [9.17, 15) is 9.59 Å². The molecule has 2 rings (SSSR count). The molecule has 2 N–H and O–H groups in total. The minimum atomic E-state index is -1.34. The van der Waals surface area contributed by atoms with Crippen molar-refractivity contribution in [3.05, 3.63) is 0 Å². The summed E-state index contributed by atoms with van der Waals surface area (Å²) in [5.74, 6) is -1.44. The third kappa shape index (κ3) is 2.51. The Bertz CT molecular complexity index is 354. The summed E-state index contributed by atoms with van der Waals surface area (Å²) in [6.45, 7) is 5.10. The highest BCUT2D eigenvalue weighted by atomic mass is 16.4. The van der Waals surface area contributed by atoms with Crippen LogP contribution in [-0.4, -0.2) is 47.1 Å². The molecule has 18 heavy (non-hydrogen) atoms. The van der Waals surface area contributed by atoms with Crippen LogP contribution in [0.2, 0.25) is 0 Å². The highest BCUT2D eigenvalue weighted by Crippen LogP contribution is 2.27. The Balaban J connectivity index is 1.90. The van der Waals surface area contributed by atoms with Crippen LogP contribution < -0.4 is 5.32 Å². The maximum absolute atomic E-state index is 12.0. The maximum Gasteiger partial charge on any atom is 0.318 e. The molecule has 5 heteroatoms. The van der Waals surface area contributed by atoms with E-state index in [0.717, 1.165) is 19.4 Å². The van der Waals surface area contributed by atoms with Crippen molar-refractivity contribution in [2.24, 2.45) is 5.41 Å². The van der Waals surface area contributed by atoms with Gasteiger partial charge in [-0.05, 0) is 46.1 Å². The third-order valence-electron chi connectivity index (χ3n) is 4.26. The fourth-order valence-corrected chi connectivity index (χ4v) is 2.82. The number of carbonyl (C=O) groups is 2. The highest BCUT2D eigenvalue weighted by molar-refractivity contribution is 6.01. The van der Waals surface area contributed by atoms with Gasteiger partial charge in [-0.2, -0.15) is 0 Å². The molecule has 0 bridgehead atoms. The van der Waals surface area contributed by atoms with Gasteiger partial charge in [0.1, 0.15) is 5.41 Å². The van der Waals surface area contributed by atoms with E-state index < -0.39 is 11.4 Å². The molecule has 0 aromatic heterocycles. The highest BCUT2D eigenvalue weighted by Gasteiger charge is 2.39. The Kier molecular flexibility index (Phi) is 3.61. The molecule has 102 valence electrons. The van der Waals surface area contributed by atoms with Crippen LogP contribution in [0.5, 0.6) is 0 Å². The molecule has 0 aromatic rings. The van der Waals surface area contributed by atoms with Crippen LogP contribution in [0, 0.1) is 5.41 Å². The molecule has 2 aliphatic rings. The van der Waals surface area contributed by atoms with Crippen molar-refractivity contribution in [2.45, 2.75) is 51.6 Å². The molecule has 0 aliphatic carbocycles. The SMILES string of the molecule is CC(C)(C(=O)O)C(=O)NC1CCN2CCCC2C1. The lowest BCUT2D eigenvalue weighted by Gasteiger charge is -2.36. The Morgan fingerprint density at radius 2 is 2.00 bits per heavy atom. The summed E-state index contributed by atoms with van der Waals surface area (Å²) in [6, 6.07) is 0.715. The largest absolute Gasteiger partial charge is 0.480 e. The maximum atomic E-state index is 12.0. The summed E-state index contributed by atoms with van der Waals surface area (Å²) in [4.78, 5) is 25.5. The molecule has 0 saturated carbocycles. The lowest BCUT2D eigenvalue weighted by Crippen LogP contribution is -2.51. The van der Waals surface area contributed by atoms with Crippen molar-refractivity contribution in [1.82, 2.24) is 10.2 Å². The quantitative estimate of drug-likeness (QED) is 0.732. The summed E-state index contributed by atoms with van der Waals surface area (Å²) >= 11 is 0. The Hall–Kier alpha value is -1.10. The van der Waals surface area contributed by atoms with Gasteiger partial charge in [0.05, 0.1) is 0 Å². The zero-order valence-corrected chi connectivity index (χ0v) is 11.1. The third-order valence-corrected chi connectivity index (χ3v) is 4.26. The number of aliphatic carboxylic acids is 1. The van der Waals surface area contributed by atoms with Crippen LogP contribution in [0.1, 0.15) is 39.5 Å². The van der Waals surface area contributed by atoms with Crippen LogP contribution in [0.25, 0.3) is 0 Å². The predicted octanol–water partition coefficient (Wildman–Crippen LogP) is 0.840. The van der Waals surface area contributed by atoms with E-state index in [1.165, 1.54) is 33.2 Å². The topological polar surface area (TPSA) is 69.6 Å². The molecule has 0 spiro atoms. The zero-order chi connectivity index (χ0) is 13.3. The number of amides is 1. The molecule has 2 aliphatic heterocycles. The van der Waals surface area contributed by atoms with Crippen molar-refractivity contribution in [1.29, 1.82) is 0 Å². The van der Waals surface area contributed by atoms with Gasteiger partial charge in [0.2, 0.25) is 5.91 Å². The van der Waals surface area contributed by atoms with E-state index in [4.69, 9.17) is 5.11 Å². The first-order chi connectivity index (χ1) is 8.41. The molecule has 0 radical (unpaired) electrons. The monoisotopic (exact) mass is 254 g/mol. The van der Waals surface area contributed by atoms with Gasteiger partial charge in [-0.3, -0.25) is 9.59 Å². The standard InChI is InChI=1S/C13H22N2O3/c1-13(2,12(17)18)11(16)14-9-5-7-15-6-3-4-10(15)8-9/h9-10H,3-8H2,1-2H3,(H,14,16)(H,17,18). The number of nitrogens with one attached hydrogen (secondary N) is 1. The average molecular weight is 254 g/mol. The fraction of sp³-hybridized carbons (Fsp3) is 0.846. The first-order valence-corrected chi connectivity index (χ1v) is 6.69. The normalized spacial score (nSPS) is 28.8. The van der Waals surface area contributed by atoms with E-state index in [1.807, 2.05) is 0 Å². The number of carboxylic acid groups (broad SMARTS) is 1. The van der Waals surface area contributed by atoms with Crippen LogP contribution in [0.15, 0.2) is 0 Å². The fourth-order valence-electron chi connectivity index (χ4n) is 2.82. The van der Waals surface area contributed by atoms with Gasteiger partial charge in [0.15, 0.2) is 0 Å². The van der Waals surface area contributed by atoms with Gasteiger partial charge in [-0.15, -0.1) is 0 Å². The van der Waals surface area contributed by atoms with E-state index in [2.05, 4.69) is 10.2 Å². The second-order valence-corrected chi connectivity index (χ2v) is 5.96. The van der Waals surface area contributed by atoms with Crippen molar-refractivity contribution in [3.63, 3.8) is 0 Å². The van der Waals surface area contributed by atoms with Crippen molar-refractivity contribution in [3.8, 4) is 0 Å². The van der Waals surface area contributed by atoms with Crippen LogP contribution in [-0.2, 0) is 9.59 Å². The molecule has 2 unspecified atom stereocenters. The number of fused-ring (bicyclic) bond motifs is 1. The molecule has 2 heterocycles. The van der Waals surface area contributed by atoms with Crippen molar-refractivity contribution >= 4 is 11.9 Å². The number of rotatable bonds is 3. The van der Waals surface area contributed by atoms with Crippen LogP contribution in [0.4, 0.5) is 0 Å². The molecule has 2 fully saturated rings. The number of carbonyl (C=O) groups excluding carboxylic acids is 1. The zero-order valence-electron chi connectivity index (χ0n) is 11.1. The molecule has 2 saturated heterocycles. The van der Waals surface area contributed by atoms with Gasteiger partial charge >= 0.3 is 5.97 Å². The van der Waals surface area contributed by atoms with E-state index >= 15 is 0 Å². The van der Waals surface area contributed by atoms with E-state index in [-0.39, 0.29) is 11.9 Å². The molecule has 1 amide bonds. The number of hydrogen-bond acceptors (Lipinski definition) is 3. The Morgan fingerprint density at radius 3 is 2.67 bits per heavy atom. The minimum absolute atomic E-state index is 0.135. The van der Waals surface area contributed by atoms with Gasteiger partial charge in [-0.1, -0.05) is 0 Å². The first kappa shape index (κ1) is 13.3. The molecule has 0 aromatic carbocycles. The summed E-state index contributed by atoms with van der Waals surface area (Å²) in [5.41, 5.74) is -1.34. The second-order valence-electron chi connectivity index (χ2n) is 5.96. The Morgan fingerprint density at radius 1 is 1.28 bits per heavy atom. The summed E-state index contributed by atoms with van der Waals surface area (Å²) in [7, 11) is 0. The van der Waals surface area contributed by atoms with Crippen LogP contribution in [0.3, 0.4) is 0 Å². The number of nitrogens with zero attached hydrogens (tertiary/aromatic N) is 1. The molecule has 2 atom stereocenters. The number of hydrogen-bond donors (Lipinski definition) is 2. The summed E-state index contributed by atoms with van der Waals surface area (Å²) in [5, 5.41) is 11.9. The molecule has 5 nitrogen and oxygen atoms in total. The predicted molar refractivity (Wildman–Crippen MR) is 67.2 cm³/mol. The van der Waals surface area contributed by atoms with Gasteiger partial charge in [0, 0.05) is 18.6 Å². The Labute approximate surface area is 108 Å². The van der Waals surface area contributed by atoms with Crippen molar-refractivity contribution < 1.29 is 14.7 Å². The van der Waals surface area contributed by atoms with Crippen molar-refractivity contribution in [2.75, 3.05) is 13.1 Å². The van der Waals surface area contributed by atoms with Gasteiger partial charge in [-0.25, -0.2) is 0 Å². The lowest BCUT2D eigenvalue weighted by atomic mass is 9.90. The van der Waals surface area contributed by atoms with Gasteiger partial charge in [0.25, 0.3) is 0 Å².